The van der Waals surface area contributed by atoms with Gasteiger partial charge in [-0.05, 0) is 23.6 Å². The van der Waals surface area contributed by atoms with Crippen molar-refractivity contribution in [1.82, 2.24) is 9.38 Å². The maximum atomic E-state index is 11.9. The monoisotopic (exact) mass is 202 g/mol. The smallest absolute Gasteiger partial charge is 0.267 e. The van der Waals surface area contributed by atoms with Gasteiger partial charge in [0.05, 0.1) is 5.52 Å². The number of hydrogen-bond acceptors (Lipinski definition) is 3. The molecule has 3 aromatic rings. The van der Waals surface area contributed by atoms with E-state index in [0.717, 1.165) is 5.52 Å². The highest BCUT2D eigenvalue weighted by Gasteiger charge is 2.04. The molecule has 68 valence electrons. The van der Waals surface area contributed by atoms with Gasteiger partial charge in [-0.2, -0.15) is 0 Å². The number of hydrogen-bond donors (Lipinski definition) is 0. The predicted octanol–water partition coefficient (Wildman–Crippen LogP) is 1.91. The molecule has 0 radical (unpaired) electrons. The zero-order valence-corrected chi connectivity index (χ0v) is 7.99. The molecule has 0 bridgehead atoms. The fourth-order valence-electron chi connectivity index (χ4n) is 1.48. The van der Waals surface area contributed by atoms with Gasteiger partial charge in [-0.1, -0.05) is 6.07 Å². The van der Waals surface area contributed by atoms with E-state index >= 15 is 0 Å². The minimum Gasteiger partial charge on any atom is -0.267 e. The fraction of sp³-hybridized carbons (Fsp3) is 0. The third-order valence-corrected chi connectivity index (χ3v) is 3.02. The molecule has 0 fully saturated rings. The van der Waals surface area contributed by atoms with Crippen molar-refractivity contribution in [3.63, 3.8) is 0 Å². The molecule has 14 heavy (non-hydrogen) atoms. The second kappa shape index (κ2) is 2.65. The number of aromatic nitrogens is 2. The van der Waals surface area contributed by atoms with E-state index < -0.39 is 0 Å². The first-order chi connectivity index (χ1) is 6.86. The highest BCUT2D eigenvalue weighted by atomic mass is 32.1. The van der Waals surface area contributed by atoms with E-state index in [1.54, 1.807) is 10.6 Å². The largest absolute Gasteiger partial charge is 0.275 e. The summed E-state index contributed by atoms with van der Waals surface area (Å²) in [7, 11) is 0. The van der Waals surface area contributed by atoms with Crippen LogP contribution in [0.5, 0.6) is 0 Å². The summed E-state index contributed by atoms with van der Waals surface area (Å²) in [6.07, 6.45) is 1.74. The summed E-state index contributed by atoms with van der Waals surface area (Å²) in [6.45, 7) is 0. The molecule has 0 aliphatic heterocycles. The minimum absolute atomic E-state index is 0.0144. The van der Waals surface area contributed by atoms with Gasteiger partial charge in [0.2, 0.25) is 0 Å². The van der Waals surface area contributed by atoms with Gasteiger partial charge < -0.3 is 0 Å². The molecule has 0 N–H and O–H groups in total. The second-order valence-corrected chi connectivity index (χ2v) is 3.90. The van der Waals surface area contributed by atoms with Gasteiger partial charge in [0.1, 0.15) is 10.3 Å². The van der Waals surface area contributed by atoms with Crippen molar-refractivity contribution in [1.29, 1.82) is 0 Å². The van der Waals surface area contributed by atoms with E-state index in [1.165, 1.54) is 11.3 Å². The topological polar surface area (TPSA) is 34.4 Å². The molecule has 0 aliphatic carbocycles. The van der Waals surface area contributed by atoms with E-state index in [-0.39, 0.29) is 5.56 Å². The molecule has 3 heterocycles. The molecular weight excluding hydrogens is 196 g/mol. The molecule has 3 rings (SSSR count). The van der Waals surface area contributed by atoms with Crippen LogP contribution in [0.25, 0.3) is 15.9 Å². The van der Waals surface area contributed by atoms with Crippen LogP contribution in [0.15, 0.2) is 40.6 Å². The van der Waals surface area contributed by atoms with Gasteiger partial charge in [0.15, 0.2) is 0 Å². The van der Waals surface area contributed by atoms with Gasteiger partial charge in [-0.3, -0.25) is 9.20 Å². The number of pyridine rings is 1. The van der Waals surface area contributed by atoms with Crippen LogP contribution in [0.1, 0.15) is 0 Å². The first-order valence-electron chi connectivity index (χ1n) is 4.21. The molecule has 0 amide bonds. The van der Waals surface area contributed by atoms with Crippen LogP contribution in [0.3, 0.4) is 0 Å². The summed E-state index contributed by atoms with van der Waals surface area (Å²) in [6, 6.07) is 7.41. The van der Waals surface area contributed by atoms with E-state index in [2.05, 4.69) is 4.98 Å². The number of thiophene rings is 1. The van der Waals surface area contributed by atoms with E-state index in [9.17, 15) is 4.79 Å². The molecule has 0 unspecified atom stereocenters. The van der Waals surface area contributed by atoms with Crippen molar-refractivity contribution >= 4 is 27.2 Å². The summed E-state index contributed by atoms with van der Waals surface area (Å²) in [5.41, 5.74) is 1.50. The molecule has 0 saturated heterocycles. The number of nitrogens with zero attached hydrogens (tertiary/aromatic N) is 2. The van der Waals surface area contributed by atoms with Crippen LogP contribution in [-0.4, -0.2) is 9.38 Å². The molecule has 0 aliphatic rings. The quantitative estimate of drug-likeness (QED) is 0.558. The molecule has 4 heteroatoms. The lowest BCUT2D eigenvalue weighted by molar-refractivity contribution is 1.08. The van der Waals surface area contributed by atoms with E-state index in [1.807, 2.05) is 29.6 Å². The Morgan fingerprint density at radius 1 is 1.29 bits per heavy atom. The highest BCUT2D eigenvalue weighted by Crippen LogP contribution is 2.14. The Hall–Kier alpha value is -1.68. The van der Waals surface area contributed by atoms with Gasteiger partial charge >= 0.3 is 0 Å². The van der Waals surface area contributed by atoms with E-state index in [4.69, 9.17) is 0 Å². The van der Waals surface area contributed by atoms with Crippen LogP contribution in [0, 0.1) is 0 Å². The summed E-state index contributed by atoms with van der Waals surface area (Å²) < 4.78 is 2.28. The molecule has 3 nitrogen and oxygen atoms in total. The number of rotatable bonds is 0. The highest BCUT2D eigenvalue weighted by molar-refractivity contribution is 7.17. The lowest BCUT2D eigenvalue weighted by Crippen LogP contribution is -2.13. The Morgan fingerprint density at radius 3 is 3.14 bits per heavy atom. The fourth-order valence-corrected chi connectivity index (χ4v) is 2.25. The predicted molar refractivity (Wildman–Crippen MR) is 56.8 cm³/mol. The first kappa shape index (κ1) is 7.70. The van der Waals surface area contributed by atoms with Crippen molar-refractivity contribution < 1.29 is 0 Å². The van der Waals surface area contributed by atoms with Crippen LogP contribution >= 0.6 is 11.3 Å². The van der Waals surface area contributed by atoms with Crippen LogP contribution < -0.4 is 5.56 Å². The standard InChI is InChI=1S/C10H6N2OS/c13-10-9-7(4-6-14-9)11-8-3-1-2-5-12(8)10/h1-6H. The first-order valence-corrected chi connectivity index (χ1v) is 5.09. The second-order valence-electron chi connectivity index (χ2n) is 2.98. The molecule has 0 aromatic carbocycles. The average molecular weight is 202 g/mol. The summed E-state index contributed by atoms with van der Waals surface area (Å²) in [5, 5.41) is 1.89. The van der Waals surface area contributed by atoms with Gasteiger partial charge in [0.25, 0.3) is 5.56 Å². The summed E-state index contributed by atoms with van der Waals surface area (Å²) >= 11 is 1.43. The Balaban J connectivity index is 2.70. The van der Waals surface area contributed by atoms with Crippen molar-refractivity contribution in [3.8, 4) is 0 Å². The van der Waals surface area contributed by atoms with Crippen molar-refractivity contribution in [2.75, 3.05) is 0 Å². The Labute approximate surface area is 83.3 Å². The summed E-state index contributed by atoms with van der Waals surface area (Å²) in [5.74, 6) is 0. The lowest BCUT2D eigenvalue weighted by atomic mass is 10.4. The molecule has 0 spiro atoms. The zero-order chi connectivity index (χ0) is 9.54. The normalized spacial score (nSPS) is 11.1. The van der Waals surface area contributed by atoms with Gasteiger partial charge in [0, 0.05) is 6.20 Å². The maximum Gasteiger partial charge on any atom is 0.275 e. The van der Waals surface area contributed by atoms with Crippen LogP contribution in [0.2, 0.25) is 0 Å². The van der Waals surface area contributed by atoms with E-state index in [0.29, 0.717) is 10.3 Å². The average Bonchev–Trinajstić information content (AvgIpc) is 2.66. The minimum atomic E-state index is 0.0144. The lowest BCUT2D eigenvalue weighted by Gasteiger charge is -1.98. The third-order valence-electron chi connectivity index (χ3n) is 2.13. The summed E-state index contributed by atoms with van der Waals surface area (Å²) in [4.78, 5) is 16.3. The molecular formula is C10H6N2OS. The zero-order valence-electron chi connectivity index (χ0n) is 7.18. The van der Waals surface area contributed by atoms with Crippen molar-refractivity contribution in [2.45, 2.75) is 0 Å². The van der Waals surface area contributed by atoms with Gasteiger partial charge in [-0.15, -0.1) is 11.3 Å². The molecule has 3 aromatic heterocycles. The molecule has 0 atom stereocenters. The van der Waals surface area contributed by atoms with Gasteiger partial charge in [-0.25, -0.2) is 4.98 Å². The number of fused-ring (bicyclic) bond motifs is 2. The Morgan fingerprint density at radius 2 is 2.21 bits per heavy atom. The third kappa shape index (κ3) is 0.914. The molecule has 0 saturated carbocycles. The Bertz CT molecular complexity index is 668. The van der Waals surface area contributed by atoms with Crippen LogP contribution in [0.4, 0.5) is 0 Å². The Kier molecular flexibility index (Phi) is 1.46. The van der Waals surface area contributed by atoms with Crippen molar-refractivity contribution in [2.24, 2.45) is 0 Å². The van der Waals surface area contributed by atoms with Crippen molar-refractivity contribution in [3.05, 3.63) is 46.2 Å². The maximum absolute atomic E-state index is 11.9. The SMILES string of the molecule is O=c1c2sccc2nc2ccccn12. The van der Waals surface area contributed by atoms with Crippen LogP contribution in [-0.2, 0) is 0 Å².